The minimum absolute atomic E-state index is 0.0914. The third kappa shape index (κ3) is 7.67. The number of ether oxygens (including phenoxy) is 2. The lowest BCUT2D eigenvalue weighted by Gasteiger charge is -2.09. The van der Waals surface area contributed by atoms with Crippen LogP contribution >= 0.6 is 11.1 Å². The molecule has 0 saturated heterocycles. The molecule has 0 heterocycles. The topological polar surface area (TPSA) is 65.0 Å². The van der Waals surface area contributed by atoms with Gasteiger partial charge in [0.15, 0.2) is 7.38 Å². The summed E-state index contributed by atoms with van der Waals surface area (Å²) in [4.78, 5) is 0.0914. The van der Waals surface area contributed by atoms with Gasteiger partial charge in [-0.05, 0) is 26.0 Å². The quantitative estimate of drug-likeness (QED) is 0.329. The van der Waals surface area contributed by atoms with Gasteiger partial charge < -0.3 is 9.47 Å². The normalized spacial score (nSPS) is 13.3. The fourth-order valence-corrected chi connectivity index (χ4v) is 3.34. The molecule has 0 fully saturated rings. The number of hydrogen-bond acceptors (Lipinski definition) is 4. The first-order valence-corrected chi connectivity index (χ1v) is 12.7. The maximum Gasteiger partial charge on any atom is 0.400 e. The number of hydrogen-bond donors (Lipinski definition) is 0. The Kier molecular flexibility index (Phi) is 7.30. The molecule has 0 radical (unpaired) electrons. The summed E-state index contributed by atoms with van der Waals surface area (Å²) in [6.07, 6.45) is 1.47. The summed E-state index contributed by atoms with van der Waals surface area (Å²) in [5.41, 5.74) is 2.85. The van der Waals surface area contributed by atoms with Crippen molar-refractivity contribution in [3.63, 3.8) is 0 Å². The first-order valence-electron chi connectivity index (χ1n) is 7.18. The van der Waals surface area contributed by atoms with Crippen LogP contribution in [0.2, 0.25) is 13.1 Å². The Labute approximate surface area is 143 Å². The van der Waals surface area contributed by atoms with Crippen LogP contribution < -0.4 is 0 Å². The molecule has 128 valence electrons. The Bertz CT molecular complexity index is 664. The van der Waals surface area contributed by atoms with Gasteiger partial charge in [-0.15, -0.1) is 0 Å². The molecule has 1 aromatic carbocycles. The maximum atomic E-state index is 12.2. The fourth-order valence-electron chi connectivity index (χ4n) is 1.53. The molecule has 0 aromatic heterocycles. The zero-order valence-corrected chi connectivity index (χ0v) is 16.3. The summed E-state index contributed by atoms with van der Waals surface area (Å²) in [6.45, 7) is 7.92. The second-order valence-electron chi connectivity index (χ2n) is 5.36. The van der Waals surface area contributed by atoms with Crippen LogP contribution in [0.5, 0.6) is 0 Å². The smallest absolute Gasteiger partial charge is 0.400 e. The maximum absolute atomic E-state index is 12.2. The predicted molar refractivity (Wildman–Crippen MR) is 95.9 cm³/mol. The zero-order valence-electron chi connectivity index (χ0n) is 13.7. The molecule has 0 aliphatic rings. The van der Waals surface area contributed by atoms with Gasteiger partial charge in [-0.2, -0.15) is 19.5 Å². The molecular weight excluding hydrogens is 354 g/mol. The van der Waals surface area contributed by atoms with Crippen molar-refractivity contribution in [2.24, 2.45) is 4.40 Å². The number of halogens is 1. The van der Waals surface area contributed by atoms with E-state index in [1.807, 2.05) is 25.7 Å². The van der Waals surface area contributed by atoms with Gasteiger partial charge in [0.05, 0.1) is 11.5 Å². The number of aryl methyl sites for hydroxylation is 1. The van der Waals surface area contributed by atoms with Crippen LogP contribution in [0.1, 0.15) is 12.5 Å². The summed E-state index contributed by atoms with van der Waals surface area (Å²) in [6, 6.07) is 6.41. The van der Waals surface area contributed by atoms with Crippen LogP contribution in [-0.4, -0.2) is 35.1 Å². The Morgan fingerprint density at radius 1 is 1.26 bits per heavy atom. The monoisotopic (exact) mass is 375 g/mol. The van der Waals surface area contributed by atoms with E-state index in [0.29, 0.717) is 0 Å². The Balaban J connectivity index is 2.88. The van der Waals surface area contributed by atoms with Gasteiger partial charge in [-0.1, -0.05) is 47.0 Å². The average molecular weight is 376 g/mol. The largest absolute Gasteiger partial charge is 0.450 e. The van der Waals surface area contributed by atoms with Crippen LogP contribution in [0.3, 0.4) is 0 Å². The number of nitrogens with zero attached hydrogens (tertiary/aromatic N) is 1. The molecule has 23 heavy (non-hydrogen) atoms. The van der Waals surface area contributed by atoms with Gasteiger partial charge in [0.2, 0.25) is 0 Å². The van der Waals surface area contributed by atoms with Crippen LogP contribution in [-0.2, 0) is 19.5 Å². The van der Waals surface area contributed by atoms with Gasteiger partial charge in [0, 0.05) is 0 Å². The van der Waals surface area contributed by atoms with Crippen LogP contribution in [0.25, 0.3) is 0 Å². The van der Waals surface area contributed by atoms with Crippen molar-refractivity contribution < 1.29 is 17.9 Å². The molecule has 0 N–H and O–H groups in total. The Morgan fingerprint density at radius 2 is 1.87 bits per heavy atom. The van der Waals surface area contributed by atoms with Crippen molar-refractivity contribution in [3.05, 3.63) is 41.6 Å². The van der Waals surface area contributed by atoms with Crippen LogP contribution in [0.4, 0.5) is 0 Å². The van der Waals surface area contributed by atoms with E-state index < -0.39 is 17.4 Å². The minimum Gasteiger partial charge on any atom is -0.450 e. The molecule has 0 amide bonds. The molecule has 1 aromatic rings. The molecule has 0 unspecified atom stereocenters. The molecule has 8 heteroatoms. The standard InChI is InChI=1S/C15H22ClNO4SSi/c1-5-20-15(21-11-6-12-23(3,4)16)17-22(18,19)14-9-7-13(2)8-10-14/h6-10,12H,5,11H2,1-4H3. The lowest BCUT2D eigenvalue weighted by Crippen LogP contribution is -2.15. The summed E-state index contributed by atoms with van der Waals surface area (Å²) in [5, 5.41) is 0. The molecular formula is C15H22ClNO4SSi. The highest BCUT2D eigenvalue weighted by Gasteiger charge is 2.16. The van der Waals surface area contributed by atoms with E-state index in [4.69, 9.17) is 20.6 Å². The molecule has 0 aliphatic heterocycles. The van der Waals surface area contributed by atoms with Crippen molar-refractivity contribution in [1.82, 2.24) is 0 Å². The van der Waals surface area contributed by atoms with E-state index in [1.165, 1.54) is 12.1 Å². The lowest BCUT2D eigenvalue weighted by molar-refractivity contribution is 0.191. The van der Waals surface area contributed by atoms with E-state index in [1.54, 1.807) is 25.1 Å². The van der Waals surface area contributed by atoms with E-state index >= 15 is 0 Å². The van der Waals surface area contributed by atoms with E-state index in [9.17, 15) is 8.42 Å². The van der Waals surface area contributed by atoms with Crippen molar-refractivity contribution in [3.8, 4) is 0 Å². The average Bonchev–Trinajstić information content (AvgIpc) is 2.43. The third-order valence-corrected chi connectivity index (χ3v) is 5.26. The third-order valence-electron chi connectivity index (χ3n) is 2.60. The van der Waals surface area contributed by atoms with Gasteiger partial charge in [-0.25, -0.2) is 0 Å². The van der Waals surface area contributed by atoms with Crippen molar-refractivity contribution >= 4 is 34.6 Å². The van der Waals surface area contributed by atoms with Crippen LogP contribution in [0, 0.1) is 6.92 Å². The highest BCUT2D eigenvalue weighted by Crippen LogP contribution is 2.14. The summed E-state index contributed by atoms with van der Waals surface area (Å²) in [5.74, 6) is 0. The molecule has 0 aliphatic carbocycles. The second-order valence-corrected chi connectivity index (χ2v) is 13.3. The van der Waals surface area contributed by atoms with Crippen LogP contribution in [0.15, 0.2) is 45.3 Å². The molecule has 0 saturated carbocycles. The van der Waals surface area contributed by atoms with E-state index in [2.05, 4.69) is 4.40 Å². The SMILES string of the molecule is CCOC(=NS(=O)(=O)c1ccc(C)cc1)OCC=C[Si](C)(C)Cl. The lowest BCUT2D eigenvalue weighted by atomic mass is 10.2. The first-order chi connectivity index (χ1) is 10.6. The molecule has 0 spiro atoms. The van der Waals surface area contributed by atoms with E-state index in [-0.39, 0.29) is 24.2 Å². The highest BCUT2D eigenvalue weighted by molar-refractivity contribution is 7.90. The Hall–Kier alpha value is -1.31. The number of sulfonamides is 1. The Morgan fingerprint density at radius 3 is 2.39 bits per heavy atom. The first kappa shape index (κ1) is 19.7. The number of benzene rings is 1. The van der Waals surface area contributed by atoms with Crippen molar-refractivity contribution in [1.29, 1.82) is 0 Å². The minimum atomic E-state index is -3.87. The molecule has 0 atom stereocenters. The molecule has 1 rings (SSSR count). The summed E-state index contributed by atoms with van der Waals surface area (Å²) >= 11 is 6.15. The molecule has 5 nitrogen and oxygen atoms in total. The molecule has 0 bridgehead atoms. The van der Waals surface area contributed by atoms with Gasteiger partial charge in [0.1, 0.15) is 6.61 Å². The number of rotatable bonds is 6. The van der Waals surface area contributed by atoms with Crippen molar-refractivity contribution in [2.45, 2.75) is 31.8 Å². The van der Waals surface area contributed by atoms with Gasteiger partial charge in [0.25, 0.3) is 10.0 Å². The fraction of sp³-hybridized carbons (Fsp3) is 0.400. The van der Waals surface area contributed by atoms with E-state index in [0.717, 1.165) is 5.56 Å². The summed E-state index contributed by atoms with van der Waals surface area (Å²) < 4.78 is 38.5. The van der Waals surface area contributed by atoms with Crippen molar-refractivity contribution in [2.75, 3.05) is 13.2 Å². The zero-order chi connectivity index (χ0) is 17.5. The summed E-state index contributed by atoms with van der Waals surface area (Å²) in [7, 11) is -5.71. The van der Waals surface area contributed by atoms with Gasteiger partial charge >= 0.3 is 6.08 Å². The highest BCUT2D eigenvalue weighted by atomic mass is 35.6. The second kappa shape index (κ2) is 8.51. The van der Waals surface area contributed by atoms with Gasteiger partial charge in [-0.3, -0.25) is 0 Å². The predicted octanol–water partition coefficient (Wildman–Crippen LogP) is 3.63.